The molecule has 1 aromatic heterocycles. The molecule has 42 heavy (non-hydrogen) atoms. The fourth-order valence-corrected chi connectivity index (χ4v) is 6.65. The van der Waals surface area contributed by atoms with Crippen LogP contribution in [0.15, 0.2) is 66.6 Å². The van der Waals surface area contributed by atoms with E-state index in [1.165, 1.54) is 38.4 Å². The number of carbonyl (C=O) groups is 1. The van der Waals surface area contributed by atoms with Crippen LogP contribution in [-0.2, 0) is 24.9 Å². The second-order valence-electron chi connectivity index (χ2n) is 12.3. The van der Waals surface area contributed by atoms with E-state index in [0.717, 1.165) is 42.5 Å². The minimum atomic E-state index is -1.31. The molecule has 227 valence electrons. The Hall–Kier alpha value is -2.59. The maximum absolute atomic E-state index is 11.7. The number of allylic oxidation sites excluding steroid dienone is 2. The van der Waals surface area contributed by atoms with E-state index >= 15 is 0 Å². The molecule has 0 saturated heterocycles. The Labute approximate surface area is 268 Å². The van der Waals surface area contributed by atoms with Crippen molar-refractivity contribution in [2.24, 2.45) is 11.8 Å². The third-order valence-electron chi connectivity index (χ3n) is 8.11. The Kier molecular flexibility index (Phi) is 13.4. The summed E-state index contributed by atoms with van der Waals surface area (Å²) in [5, 5.41) is 16.3. The first-order valence-electron chi connectivity index (χ1n) is 15.2. The van der Waals surface area contributed by atoms with Crippen LogP contribution in [0.2, 0.25) is 19.6 Å². The number of pyridine rings is 1. The molecule has 1 N–H and O–H groups in total. The molecule has 4 rings (SSSR count). The number of hydrogen-bond acceptors (Lipinski definition) is 3. The van der Waals surface area contributed by atoms with Crippen LogP contribution in [-0.4, -0.2) is 23.9 Å². The summed E-state index contributed by atoms with van der Waals surface area (Å²) in [4.78, 5) is 16.4. The van der Waals surface area contributed by atoms with Crippen molar-refractivity contribution < 1.29 is 30.0 Å². The molecule has 1 heterocycles. The van der Waals surface area contributed by atoms with E-state index in [1.807, 2.05) is 33.9 Å². The number of aromatic nitrogens is 1. The van der Waals surface area contributed by atoms with Crippen molar-refractivity contribution in [1.29, 1.82) is 0 Å². The number of aryl methyl sites for hydroxylation is 2. The summed E-state index contributed by atoms with van der Waals surface area (Å²) in [7, 11) is -1.31. The minimum absolute atomic E-state index is 0. The van der Waals surface area contributed by atoms with E-state index in [9.17, 15) is 9.90 Å². The van der Waals surface area contributed by atoms with Gasteiger partial charge in [-0.15, -0.1) is 34.9 Å². The van der Waals surface area contributed by atoms with Gasteiger partial charge in [0.2, 0.25) is 0 Å². The Morgan fingerprint density at radius 2 is 1.48 bits per heavy atom. The minimum Gasteiger partial charge on any atom is -0.512 e. The van der Waals surface area contributed by atoms with Gasteiger partial charge in [0.15, 0.2) is 5.78 Å². The molecule has 0 aliphatic heterocycles. The first-order chi connectivity index (χ1) is 19.4. The van der Waals surface area contributed by atoms with E-state index in [0.29, 0.717) is 0 Å². The van der Waals surface area contributed by atoms with Crippen LogP contribution >= 0.6 is 0 Å². The number of carbonyl (C=O) groups excluding carboxylic acids is 1. The van der Waals surface area contributed by atoms with E-state index in [1.54, 1.807) is 0 Å². The van der Waals surface area contributed by atoms with Crippen molar-refractivity contribution in [1.82, 2.24) is 4.98 Å². The average molecular weight is 759 g/mol. The van der Waals surface area contributed by atoms with Crippen molar-refractivity contribution >= 4 is 40.6 Å². The standard InChI is InChI=1S/C24H24NSi.C13H24O2.Ir/c1-16-12-17(2)14-19(13-16)24-23-8-6-18-15-20(26(3,4)5)7-9-21(18)22(23)10-11-25-24;1-5-10(6-2)12(14)9-13(15)11(7-3)8-4;/h6-13,15H,1-5H3;9-11,14H,5-8H2,1-4H3;/q-1;;. The molecular weight excluding hydrogens is 711 g/mol. The second-order valence-corrected chi connectivity index (χ2v) is 17.3. The number of aliphatic hydroxyl groups is 1. The number of nitrogens with zero attached hydrogens (tertiary/aromatic N) is 1. The largest absolute Gasteiger partial charge is 0.512 e. The first kappa shape index (κ1) is 35.6. The van der Waals surface area contributed by atoms with Gasteiger partial charge in [0, 0.05) is 44.2 Å². The van der Waals surface area contributed by atoms with Crippen LogP contribution in [0.4, 0.5) is 0 Å². The molecule has 0 amide bonds. The first-order valence-corrected chi connectivity index (χ1v) is 18.7. The van der Waals surface area contributed by atoms with Crippen molar-refractivity contribution in [2.45, 2.75) is 86.9 Å². The maximum Gasteiger partial charge on any atom is 0.162 e. The molecule has 0 aliphatic rings. The Morgan fingerprint density at radius 3 is 2.05 bits per heavy atom. The fourth-order valence-electron chi connectivity index (χ4n) is 5.48. The van der Waals surface area contributed by atoms with Gasteiger partial charge in [-0.1, -0.05) is 96.7 Å². The molecule has 0 atom stereocenters. The molecule has 3 nitrogen and oxygen atoms in total. The molecule has 4 aromatic rings. The molecule has 0 fully saturated rings. The number of fused-ring (bicyclic) bond motifs is 3. The molecule has 0 bridgehead atoms. The zero-order valence-corrected chi connectivity index (χ0v) is 30.3. The summed E-state index contributed by atoms with van der Waals surface area (Å²) in [6.45, 7) is 19.5. The Morgan fingerprint density at radius 1 is 0.857 bits per heavy atom. The van der Waals surface area contributed by atoms with E-state index in [-0.39, 0.29) is 43.5 Å². The zero-order valence-electron chi connectivity index (χ0n) is 26.9. The smallest absolute Gasteiger partial charge is 0.162 e. The van der Waals surface area contributed by atoms with E-state index in [2.05, 4.69) is 88.1 Å². The summed E-state index contributed by atoms with van der Waals surface area (Å²) in [5.41, 5.74) is 4.49. The topological polar surface area (TPSA) is 50.2 Å². The quantitative estimate of drug-likeness (QED) is 0.0608. The number of rotatable bonds is 9. The van der Waals surface area contributed by atoms with Crippen molar-refractivity contribution in [2.75, 3.05) is 0 Å². The van der Waals surface area contributed by atoms with Crippen LogP contribution in [0.1, 0.15) is 64.5 Å². The summed E-state index contributed by atoms with van der Waals surface area (Å²) < 4.78 is 0. The van der Waals surface area contributed by atoms with Crippen LogP contribution in [0.3, 0.4) is 0 Å². The van der Waals surface area contributed by atoms with Gasteiger partial charge < -0.3 is 10.1 Å². The molecule has 3 aromatic carbocycles. The van der Waals surface area contributed by atoms with E-state index in [4.69, 9.17) is 4.98 Å². The normalized spacial score (nSPS) is 11.9. The predicted octanol–water partition coefficient (Wildman–Crippen LogP) is 9.88. The Balaban J connectivity index is 0.000000334. The third-order valence-corrected chi connectivity index (χ3v) is 10.2. The van der Waals surface area contributed by atoms with Gasteiger partial charge >= 0.3 is 0 Å². The number of aliphatic hydroxyl groups excluding tert-OH is 1. The fraction of sp³-hybridized carbons (Fsp3) is 0.405. The number of ketones is 1. The van der Waals surface area contributed by atoms with Crippen LogP contribution < -0.4 is 5.19 Å². The van der Waals surface area contributed by atoms with Gasteiger partial charge in [-0.2, -0.15) is 0 Å². The van der Waals surface area contributed by atoms with Crippen LogP contribution in [0.5, 0.6) is 0 Å². The van der Waals surface area contributed by atoms with Crippen LogP contribution in [0, 0.1) is 31.7 Å². The van der Waals surface area contributed by atoms with Gasteiger partial charge in [0.25, 0.3) is 0 Å². The van der Waals surface area contributed by atoms with Crippen molar-refractivity contribution in [3.63, 3.8) is 0 Å². The molecule has 5 heteroatoms. The van der Waals surface area contributed by atoms with E-state index < -0.39 is 8.07 Å². The predicted molar refractivity (Wildman–Crippen MR) is 180 cm³/mol. The van der Waals surface area contributed by atoms with Gasteiger partial charge in [-0.25, -0.2) is 0 Å². The molecule has 0 unspecified atom stereocenters. The van der Waals surface area contributed by atoms with Gasteiger partial charge in [0.05, 0.1) is 13.8 Å². The van der Waals surface area contributed by atoms with Crippen molar-refractivity contribution in [3.05, 3.63) is 83.8 Å². The monoisotopic (exact) mass is 759 g/mol. The summed E-state index contributed by atoms with van der Waals surface area (Å²) in [5.74, 6) is 0.547. The van der Waals surface area contributed by atoms with Gasteiger partial charge in [-0.05, 0) is 59.0 Å². The molecule has 1 radical (unpaired) electrons. The van der Waals surface area contributed by atoms with Crippen molar-refractivity contribution in [3.8, 4) is 11.3 Å². The Bertz CT molecular complexity index is 1510. The molecular formula is C37H48IrNO2Si-. The maximum atomic E-state index is 11.7. The van der Waals surface area contributed by atoms with Crippen LogP contribution in [0.25, 0.3) is 32.8 Å². The zero-order chi connectivity index (χ0) is 30.3. The number of hydrogen-bond donors (Lipinski definition) is 1. The SMILES string of the molecule is CCC(CC)C(=O)C=C(O)C(CC)CC.Cc1[c-]c(-c2nccc3c2ccc2cc([Si](C)(C)C)ccc23)cc(C)c1.[Ir]. The molecule has 0 saturated carbocycles. The molecule has 0 spiro atoms. The molecule has 0 aliphatic carbocycles. The summed E-state index contributed by atoms with van der Waals surface area (Å²) >= 11 is 0. The summed E-state index contributed by atoms with van der Waals surface area (Å²) in [6, 6.07) is 21.4. The van der Waals surface area contributed by atoms with Gasteiger partial charge in [0.1, 0.15) is 0 Å². The average Bonchev–Trinajstić information content (AvgIpc) is 2.93. The summed E-state index contributed by atoms with van der Waals surface area (Å²) in [6.07, 6.45) is 6.83. The van der Waals surface area contributed by atoms with Gasteiger partial charge in [-0.3, -0.25) is 4.79 Å². The number of benzene rings is 3. The second kappa shape index (κ2) is 15.8. The third kappa shape index (κ3) is 8.72.